The number of hydrogen-bond donors (Lipinski definition) is 1. The van der Waals surface area contributed by atoms with Crippen LogP contribution in [-0.2, 0) is 22.5 Å². The maximum absolute atomic E-state index is 12.4. The van der Waals surface area contributed by atoms with E-state index in [0.29, 0.717) is 36.7 Å². The minimum absolute atomic E-state index is 0.291. The number of carbonyl (C=O) groups is 2. The SMILES string of the molecule is CCOC(=O)N1CCc2c(sc(NC(=O)C=Cc3ccccc3C)c2C#N)C1. The molecular formula is C21H21N3O3S. The van der Waals surface area contributed by atoms with Crippen molar-refractivity contribution >= 4 is 34.4 Å². The van der Waals surface area contributed by atoms with Gasteiger partial charge in [-0.3, -0.25) is 4.79 Å². The van der Waals surface area contributed by atoms with Crippen LogP contribution in [0.4, 0.5) is 9.80 Å². The molecule has 6 nitrogen and oxygen atoms in total. The number of rotatable bonds is 4. The molecule has 1 aliphatic rings. The number of nitrogens with one attached hydrogen (secondary N) is 1. The van der Waals surface area contributed by atoms with Gasteiger partial charge in [0.25, 0.3) is 0 Å². The molecule has 0 saturated heterocycles. The van der Waals surface area contributed by atoms with Crippen LogP contribution in [0.25, 0.3) is 6.08 Å². The number of carbonyl (C=O) groups excluding carboxylic acids is 2. The Bertz CT molecular complexity index is 972. The van der Waals surface area contributed by atoms with Crippen molar-refractivity contribution in [1.29, 1.82) is 5.26 Å². The van der Waals surface area contributed by atoms with Crippen molar-refractivity contribution in [2.45, 2.75) is 26.8 Å². The van der Waals surface area contributed by atoms with Gasteiger partial charge in [-0.2, -0.15) is 5.26 Å². The van der Waals surface area contributed by atoms with E-state index in [1.807, 2.05) is 31.2 Å². The molecule has 1 aromatic heterocycles. The minimum Gasteiger partial charge on any atom is -0.450 e. The summed E-state index contributed by atoms with van der Waals surface area (Å²) in [6, 6.07) is 9.98. The lowest BCUT2D eigenvalue weighted by Gasteiger charge is -2.25. The van der Waals surface area contributed by atoms with Gasteiger partial charge in [0.05, 0.1) is 18.7 Å². The van der Waals surface area contributed by atoms with Crippen LogP contribution in [0, 0.1) is 18.3 Å². The number of benzene rings is 1. The van der Waals surface area contributed by atoms with Crippen molar-refractivity contribution < 1.29 is 14.3 Å². The Morgan fingerprint density at radius 1 is 1.39 bits per heavy atom. The molecule has 1 aliphatic heterocycles. The average Bonchev–Trinajstić information content (AvgIpc) is 3.03. The Morgan fingerprint density at radius 2 is 2.18 bits per heavy atom. The van der Waals surface area contributed by atoms with Crippen LogP contribution in [0.3, 0.4) is 0 Å². The first kappa shape index (κ1) is 19.6. The van der Waals surface area contributed by atoms with Crippen LogP contribution in [0.5, 0.6) is 0 Å². The predicted octanol–water partition coefficient (Wildman–Crippen LogP) is 4.09. The van der Waals surface area contributed by atoms with E-state index in [4.69, 9.17) is 4.74 Å². The van der Waals surface area contributed by atoms with Gasteiger partial charge in [-0.25, -0.2) is 4.79 Å². The highest BCUT2D eigenvalue weighted by Crippen LogP contribution is 2.36. The van der Waals surface area contributed by atoms with Crippen LogP contribution >= 0.6 is 11.3 Å². The van der Waals surface area contributed by atoms with E-state index < -0.39 is 0 Å². The Kier molecular flexibility index (Phi) is 6.12. The fourth-order valence-corrected chi connectivity index (χ4v) is 4.29. The number of amides is 2. The van der Waals surface area contributed by atoms with Crippen molar-refractivity contribution in [1.82, 2.24) is 4.90 Å². The Hall–Kier alpha value is -3.11. The molecule has 2 heterocycles. The van der Waals surface area contributed by atoms with Gasteiger partial charge in [0, 0.05) is 17.5 Å². The van der Waals surface area contributed by atoms with E-state index >= 15 is 0 Å². The second kappa shape index (κ2) is 8.72. The highest BCUT2D eigenvalue weighted by Gasteiger charge is 2.27. The molecule has 2 aromatic rings. The average molecular weight is 395 g/mol. The predicted molar refractivity (Wildman–Crippen MR) is 109 cm³/mol. The number of anilines is 1. The van der Waals surface area contributed by atoms with Gasteiger partial charge in [-0.05, 0) is 43.0 Å². The smallest absolute Gasteiger partial charge is 0.410 e. The molecule has 0 radical (unpaired) electrons. The quantitative estimate of drug-likeness (QED) is 0.791. The zero-order valence-electron chi connectivity index (χ0n) is 15.8. The summed E-state index contributed by atoms with van der Waals surface area (Å²) in [5.41, 5.74) is 3.44. The van der Waals surface area contributed by atoms with Crippen molar-refractivity contribution in [2.75, 3.05) is 18.5 Å². The Morgan fingerprint density at radius 3 is 2.89 bits per heavy atom. The summed E-state index contributed by atoms with van der Waals surface area (Å²) >= 11 is 1.34. The highest BCUT2D eigenvalue weighted by molar-refractivity contribution is 7.16. The summed E-state index contributed by atoms with van der Waals surface area (Å²) in [5.74, 6) is -0.291. The summed E-state index contributed by atoms with van der Waals surface area (Å²) < 4.78 is 5.06. The lowest BCUT2D eigenvalue weighted by atomic mass is 10.0. The zero-order chi connectivity index (χ0) is 20.1. The van der Waals surface area contributed by atoms with Gasteiger partial charge >= 0.3 is 6.09 Å². The molecule has 2 amide bonds. The molecule has 3 rings (SSSR count). The fraction of sp³-hybridized carbons (Fsp3) is 0.286. The monoisotopic (exact) mass is 395 g/mol. The molecule has 28 heavy (non-hydrogen) atoms. The largest absolute Gasteiger partial charge is 0.450 e. The molecule has 1 aromatic carbocycles. The van der Waals surface area contributed by atoms with E-state index in [1.165, 1.54) is 17.4 Å². The highest BCUT2D eigenvalue weighted by atomic mass is 32.1. The number of hydrogen-bond acceptors (Lipinski definition) is 5. The second-order valence-electron chi connectivity index (χ2n) is 6.37. The number of nitrogens with zero attached hydrogens (tertiary/aromatic N) is 2. The van der Waals surface area contributed by atoms with Gasteiger partial charge in [-0.15, -0.1) is 11.3 Å². The third-order valence-corrected chi connectivity index (χ3v) is 5.67. The van der Waals surface area contributed by atoms with Gasteiger partial charge in [0.1, 0.15) is 11.1 Å². The molecule has 0 atom stereocenters. The molecule has 7 heteroatoms. The van der Waals surface area contributed by atoms with Crippen molar-refractivity contribution in [3.63, 3.8) is 0 Å². The number of ether oxygens (including phenoxy) is 1. The van der Waals surface area contributed by atoms with Gasteiger partial charge < -0.3 is 15.0 Å². The van der Waals surface area contributed by atoms with Crippen molar-refractivity contribution in [3.05, 3.63) is 57.5 Å². The maximum atomic E-state index is 12.4. The van der Waals surface area contributed by atoms with E-state index in [-0.39, 0.29) is 12.0 Å². The number of nitriles is 1. The molecule has 0 aliphatic carbocycles. The lowest BCUT2D eigenvalue weighted by Crippen LogP contribution is -2.35. The molecule has 0 spiro atoms. The fourth-order valence-electron chi connectivity index (χ4n) is 3.07. The molecule has 0 unspecified atom stereocenters. The van der Waals surface area contributed by atoms with Crippen LogP contribution in [0.2, 0.25) is 0 Å². The molecule has 0 saturated carbocycles. The third kappa shape index (κ3) is 4.24. The van der Waals surface area contributed by atoms with Gasteiger partial charge in [-0.1, -0.05) is 24.3 Å². The van der Waals surface area contributed by atoms with Crippen molar-refractivity contribution in [3.8, 4) is 6.07 Å². The van der Waals surface area contributed by atoms with Crippen LogP contribution in [0.1, 0.15) is 34.1 Å². The van der Waals surface area contributed by atoms with Crippen LogP contribution in [0.15, 0.2) is 30.3 Å². The Labute approximate surface area is 168 Å². The summed E-state index contributed by atoms with van der Waals surface area (Å²) in [6.07, 6.45) is 3.44. The first-order chi connectivity index (χ1) is 13.5. The van der Waals surface area contributed by atoms with Crippen LogP contribution in [-0.4, -0.2) is 30.1 Å². The minimum atomic E-state index is -0.355. The number of aryl methyl sites for hydroxylation is 1. The topological polar surface area (TPSA) is 82.4 Å². The van der Waals surface area contributed by atoms with Gasteiger partial charge in [0.2, 0.25) is 5.91 Å². The zero-order valence-corrected chi connectivity index (χ0v) is 16.6. The molecule has 144 valence electrons. The molecular weight excluding hydrogens is 374 g/mol. The van der Waals surface area contributed by atoms with E-state index in [0.717, 1.165) is 21.6 Å². The summed E-state index contributed by atoms with van der Waals surface area (Å²) in [7, 11) is 0. The van der Waals surface area contributed by atoms with E-state index in [1.54, 1.807) is 17.9 Å². The third-order valence-electron chi connectivity index (χ3n) is 4.53. The van der Waals surface area contributed by atoms with Gasteiger partial charge in [0.15, 0.2) is 0 Å². The Balaban J connectivity index is 1.75. The van der Waals surface area contributed by atoms with E-state index in [9.17, 15) is 14.9 Å². The summed E-state index contributed by atoms with van der Waals surface area (Å²) in [5, 5.41) is 12.9. The standard InChI is InChI=1S/C21H21N3O3S/c1-3-27-21(26)24-11-10-16-17(12-22)20(28-18(16)13-24)23-19(25)9-8-15-7-5-4-6-14(15)2/h4-9H,3,10-11,13H2,1-2H3,(H,23,25). The maximum Gasteiger partial charge on any atom is 0.410 e. The lowest BCUT2D eigenvalue weighted by molar-refractivity contribution is -0.111. The second-order valence-corrected chi connectivity index (χ2v) is 7.47. The summed E-state index contributed by atoms with van der Waals surface area (Å²) in [6.45, 7) is 4.96. The first-order valence-electron chi connectivity index (χ1n) is 9.04. The number of fused-ring (bicyclic) bond motifs is 1. The normalized spacial score (nSPS) is 13.1. The van der Waals surface area contributed by atoms with E-state index in [2.05, 4.69) is 11.4 Å². The first-order valence-corrected chi connectivity index (χ1v) is 9.86. The summed E-state index contributed by atoms with van der Waals surface area (Å²) in [4.78, 5) is 26.8. The van der Waals surface area contributed by atoms with Crippen molar-refractivity contribution in [2.24, 2.45) is 0 Å². The molecule has 0 fully saturated rings. The molecule has 1 N–H and O–H groups in total. The number of thiophene rings is 1. The molecule has 0 bridgehead atoms. The van der Waals surface area contributed by atoms with Crippen LogP contribution < -0.4 is 5.32 Å².